The summed E-state index contributed by atoms with van der Waals surface area (Å²) in [4.78, 5) is 19.3. The summed E-state index contributed by atoms with van der Waals surface area (Å²) in [5, 5.41) is 2.99. The Morgan fingerprint density at radius 2 is 2.30 bits per heavy atom. The molecule has 3 rings (SSSR count). The number of hydrogen-bond acceptors (Lipinski definition) is 5. The van der Waals surface area contributed by atoms with E-state index in [4.69, 9.17) is 9.47 Å². The highest BCUT2D eigenvalue weighted by molar-refractivity contribution is 5.95. The molecule has 1 aromatic heterocycles. The standard InChI is InChI=1S/C17H25N3O3/c1-12-14(6-7-16(18-12)22-2)19-17(21)15-11-23-9-8-20(15)10-13-4-3-5-13/h6-7,13,15H,3-5,8-11H2,1-2H3,(H,19,21). The van der Waals surface area contributed by atoms with Gasteiger partial charge < -0.3 is 14.8 Å². The number of aryl methyl sites for hydroxylation is 1. The summed E-state index contributed by atoms with van der Waals surface area (Å²) in [6.45, 7) is 4.86. The minimum atomic E-state index is -0.217. The molecule has 2 aliphatic rings. The Hall–Kier alpha value is -1.66. The Morgan fingerprint density at radius 1 is 1.48 bits per heavy atom. The highest BCUT2D eigenvalue weighted by Crippen LogP contribution is 2.28. The number of nitrogens with one attached hydrogen (secondary N) is 1. The van der Waals surface area contributed by atoms with Crippen molar-refractivity contribution in [3.05, 3.63) is 17.8 Å². The fraction of sp³-hybridized carbons (Fsp3) is 0.647. The highest BCUT2D eigenvalue weighted by Gasteiger charge is 2.32. The Labute approximate surface area is 137 Å². The average Bonchev–Trinajstić information content (AvgIpc) is 2.53. The second-order valence-corrected chi connectivity index (χ2v) is 6.36. The van der Waals surface area contributed by atoms with Gasteiger partial charge >= 0.3 is 0 Å². The number of rotatable bonds is 5. The van der Waals surface area contributed by atoms with E-state index in [9.17, 15) is 4.79 Å². The molecule has 1 aliphatic carbocycles. The number of aromatic nitrogens is 1. The first-order valence-corrected chi connectivity index (χ1v) is 8.31. The van der Waals surface area contributed by atoms with Gasteiger partial charge in [-0.2, -0.15) is 0 Å². The normalized spacial score (nSPS) is 22.4. The topological polar surface area (TPSA) is 63.7 Å². The molecule has 1 aromatic rings. The first-order valence-electron chi connectivity index (χ1n) is 8.31. The summed E-state index contributed by atoms with van der Waals surface area (Å²) in [5.41, 5.74) is 1.48. The van der Waals surface area contributed by atoms with Crippen molar-refractivity contribution in [1.29, 1.82) is 0 Å². The maximum Gasteiger partial charge on any atom is 0.244 e. The molecule has 1 atom stereocenters. The lowest BCUT2D eigenvalue weighted by Crippen LogP contribution is -2.53. The van der Waals surface area contributed by atoms with Crippen molar-refractivity contribution in [2.24, 2.45) is 5.92 Å². The summed E-state index contributed by atoms with van der Waals surface area (Å²) in [7, 11) is 1.58. The van der Waals surface area contributed by atoms with Crippen LogP contribution < -0.4 is 10.1 Å². The number of anilines is 1. The van der Waals surface area contributed by atoms with Crippen LogP contribution in [0.25, 0.3) is 0 Å². The van der Waals surface area contributed by atoms with Gasteiger partial charge in [-0.1, -0.05) is 6.42 Å². The molecule has 0 bridgehead atoms. The Bertz CT molecular complexity index is 560. The van der Waals surface area contributed by atoms with Gasteiger partial charge in [0.05, 0.1) is 31.7 Å². The Kier molecular flexibility index (Phi) is 5.13. The summed E-state index contributed by atoms with van der Waals surface area (Å²) >= 11 is 0. The second kappa shape index (κ2) is 7.27. The molecule has 1 unspecified atom stereocenters. The van der Waals surface area contributed by atoms with Crippen molar-refractivity contribution in [2.75, 3.05) is 38.7 Å². The molecule has 6 nitrogen and oxygen atoms in total. The van der Waals surface area contributed by atoms with Gasteiger partial charge in [0, 0.05) is 19.2 Å². The van der Waals surface area contributed by atoms with Crippen molar-refractivity contribution in [3.8, 4) is 5.88 Å². The van der Waals surface area contributed by atoms with Crippen LogP contribution in [-0.2, 0) is 9.53 Å². The van der Waals surface area contributed by atoms with Crippen LogP contribution in [0.2, 0.25) is 0 Å². The van der Waals surface area contributed by atoms with E-state index in [0.29, 0.717) is 19.1 Å². The zero-order chi connectivity index (χ0) is 16.2. The number of carbonyl (C=O) groups excluding carboxylic acids is 1. The molecule has 1 N–H and O–H groups in total. The van der Waals surface area contributed by atoms with E-state index in [1.54, 1.807) is 13.2 Å². The third kappa shape index (κ3) is 3.82. The molecule has 1 aliphatic heterocycles. The summed E-state index contributed by atoms with van der Waals surface area (Å²) < 4.78 is 10.6. The maximum absolute atomic E-state index is 12.7. The minimum absolute atomic E-state index is 0.0147. The van der Waals surface area contributed by atoms with Crippen molar-refractivity contribution >= 4 is 11.6 Å². The summed E-state index contributed by atoms with van der Waals surface area (Å²) in [6, 6.07) is 3.37. The number of pyridine rings is 1. The Balaban J connectivity index is 1.65. The number of ether oxygens (including phenoxy) is 2. The molecule has 2 heterocycles. The van der Waals surface area contributed by atoms with Crippen molar-refractivity contribution in [1.82, 2.24) is 9.88 Å². The van der Waals surface area contributed by atoms with E-state index < -0.39 is 0 Å². The summed E-state index contributed by atoms with van der Waals surface area (Å²) in [5.74, 6) is 1.28. The highest BCUT2D eigenvalue weighted by atomic mass is 16.5. The van der Waals surface area contributed by atoms with Crippen LogP contribution in [0.5, 0.6) is 5.88 Å². The van der Waals surface area contributed by atoms with Crippen molar-refractivity contribution in [2.45, 2.75) is 32.2 Å². The smallest absolute Gasteiger partial charge is 0.244 e. The van der Waals surface area contributed by atoms with Gasteiger partial charge in [-0.05, 0) is 31.7 Å². The first-order chi connectivity index (χ1) is 11.2. The zero-order valence-electron chi connectivity index (χ0n) is 13.9. The van der Waals surface area contributed by atoms with E-state index >= 15 is 0 Å². The molecule has 1 saturated carbocycles. The van der Waals surface area contributed by atoms with E-state index in [2.05, 4.69) is 15.2 Å². The van der Waals surface area contributed by atoms with Crippen LogP contribution in [0.1, 0.15) is 25.0 Å². The SMILES string of the molecule is COc1ccc(NC(=O)C2COCCN2CC2CCC2)c(C)n1. The van der Waals surface area contributed by atoms with Crippen molar-refractivity contribution < 1.29 is 14.3 Å². The third-order valence-electron chi connectivity index (χ3n) is 4.79. The van der Waals surface area contributed by atoms with Gasteiger partial charge in [-0.25, -0.2) is 4.98 Å². The molecule has 126 valence electrons. The molecule has 6 heteroatoms. The molecule has 23 heavy (non-hydrogen) atoms. The molecule has 0 radical (unpaired) electrons. The monoisotopic (exact) mass is 319 g/mol. The van der Waals surface area contributed by atoms with Gasteiger partial charge in [-0.15, -0.1) is 0 Å². The van der Waals surface area contributed by atoms with Crippen LogP contribution in [-0.4, -0.2) is 55.2 Å². The number of morpholine rings is 1. The predicted molar refractivity (Wildman–Crippen MR) is 87.7 cm³/mol. The number of hydrogen-bond donors (Lipinski definition) is 1. The van der Waals surface area contributed by atoms with E-state index in [1.807, 2.05) is 13.0 Å². The molecule has 0 spiro atoms. The van der Waals surface area contributed by atoms with Gasteiger partial charge in [0.15, 0.2) is 0 Å². The fourth-order valence-corrected chi connectivity index (χ4v) is 3.10. The fourth-order valence-electron chi connectivity index (χ4n) is 3.10. The van der Waals surface area contributed by atoms with E-state index in [-0.39, 0.29) is 11.9 Å². The van der Waals surface area contributed by atoms with Gasteiger partial charge in [-0.3, -0.25) is 9.69 Å². The molecule has 1 amide bonds. The van der Waals surface area contributed by atoms with Crippen LogP contribution in [0, 0.1) is 12.8 Å². The molecule has 1 saturated heterocycles. The van der Waals surface area contributed by atoms with Gasteiger partial charge in [0.2, 0.25) is 11.8 Å². The maximum atomic E-state index is 12.7. The van der Waals surface area contributed by atoms with E-state index in [1.165, 1.54) is 19.3 Å². The first kappa shape index (κ1) is 16.2. The lowest BCUT2D eigenvalue weighted by atomic mass is 9.84. The zero-order valence-corrected chi connectivity index (χ0v) is 13.9. The van der Waals surface area contributed by atoms with Gasteiger partial charge in [0.25, 0.3) is 0 Å². The minimum Gasteiger partial charge on any atom is -0.481 e. The second-order valence-electron chi connectivity index (χ2n) is 6.36. The summed E-state index contributed by atoms with van der Waals surface area (Å²) in [6.07, 6.45) is 3.89. The Morgan fingerprint density at radius 3 is 2.96 bits per heavy atom. The van der Waals surface area contributed by atoms with Crippen LogP contribution in [0.3, 0.4) is 0 Å². The molecular formula is C17H25N3O3. The van der Waals surface area contributed by atoms with Gasteiger partial charge in [0.1, 0.15) is 6.04 Å². The third-order valence-corrected chi connectivity index (χ3v) is 4.79. The predicted octanol–water partition coefficient (Wildman–Crippen LogP) is 1.84. The number of methoxy groups -OCH3 is 1. The van der Waals surface area contributed by atoms with Crippen LogP contribution >= 0.6 is 0 Å². The number of carbonyl (C=O) groups is 1. The van der Waals surface area contributed by atoms with Crippen LogP contribution in [0.15, 0.2) is 12.1 Å². The average molecular weight is 319 g/mol. The van der Waals surface area contributed by atoms with E-state index in [0.717, 1.165) is 30.4 Å². The molecular weight excluding hydrogens is 294 g/mol. The molecule has 2 fully saturated rings. The lowest BCUT2D eigenvalue weighted by Gasteiger charge is -2.39. The molecule has 0 aromatic carbocycles. The largest absolute Gasteiger partial charge is 0.481 e. The quantitative estimate of drug-likeness (QED) is 0.897. The van der Waals surface area contributed by atoms with Crippen LogP contribution in [0.4, 0.5) is 5.69 Å². The lowest BCUT2D eigenvalue weighted by molar-refractivity contribution is -0.128. The van der Waals surface area contributed by atoms with Crippen molar-refractivity contribution in [3.63, 3.8) is 0 Å². The number of nitrogens with zero attached hydrogens (tertiary/aromatic N) is 2. The number of amides is 1.